The minimum atomic E-state index is 0.181. The van der Waals surface area contributed by atoms with Crippen LogP contribution in [0, 0.1) is 0 Å². The van der Waals surface area contributed by atoms with Gasteiger partial charge in [-0.05, 0) is 31.5 Å². The monoisotopic (exact) mass is 229 g/mol. The van der Waals surface area contributed by atoms with Crippen molar-refractivity contribution in [3.05, 3.63) is 36.7 Å². The topological polar surface area (TPSA) is 61.0 Å². The Hall–Kier alpha value is -2.10. The summed E-state index contributed by atoms with van der Waals surface area (Å²) in [4.78, 5) is 7.92. The van der Waals surface area contributed by atoms with Crippen molar-refractivity contribution in [2.75, 3.05) is 5.73 Å². The predicted molar refractivity (Wildman–Crippen MR) is 67.6 cm³/mol. The highest BCUT2D eigenvalue weighted by Crippen LogP contribution is 2.21. The van der Waals surface area contributed by atoms with Crippen molar-refractivity contribution in [3.8, 4) is 16.9 Å². The molecule has 2 aromatic rings. The standard InChI is InChI=1S/C13H15N3O/c1-9(2)17-12-5-3-10(4-6-12)11-7-15-13(14)16-8-11/h3-9H,1-2H3,(H2,14,15,16). The van der Waals surface area contributed by atoms with Crippen molar-refractivity contribution in [2.24, 2.45) is 0 Å². The smallest absolute Gasteiger partial charge is 0.219 e. The van der Waals surface area contributed by atoms with E-state index in [1.54, 1.807) is 12.4 Å². The van der Waals surface area contributed by atoms with Gasteiger partial charge >= 0.3 is 0 Å². The van der Waals surface area contributed by atoms with Gasteiger partial charge < -0.3 is 10.5 Å². The fourth-order valence-electron chi connectivity index (χ4n) is 1.49. The van der Waals surface area contributed by atoms with Gasteiger partial charge in [-0.2, -0.15) is 0 Å². The van der Waals surface area contributed by atoms with Crippen LogP contribution in [0.15, 0.2) is 36.7 Å². The molecule has 0 bridgehead atoms. The molecule has 0 aliphatic carbocycles. The van der Waals surface area contributed by atoms with Crippen molar-refractivity contribution >= 4 is 5.95 Å². The van der Waals surface area contributed by atoms with Gasteiger partial charge in [-0.1, -0.05) is 12.1 Å². The highest BCUT2D eigenvalue weighted by molar-refractivity contribution is 5.62. The van der Waals surface area contributed by atoms with Gasteiger partial charge in [0.2, 0.25) is 5.95 Å². The first-order valence-corrected chi connectivity index (χ1v) is 5.50. The van der Waals surface area contributed by atoms with E-state index in [1.807, 2.05) is 38.1 Å². The van der Waals surface area contributed by atoms with E-state index in [4.69, 9.17) is 10.5 Å². The summed E-state index contributed by atoms with van der Waals surface area (Å²) in [6, 6.07) is 7.83. The molecule has 4 nitrogen and oxygen atoms in total. The molecule has 0 unspecified atom stereocenters. The first-order chi connectivity index (χ1) is 8.15. The van der Waals surface area contributed by atoms with Gasteiger partial charge in [-0.25, -0.2) is 9.97 Å². The summed E-state index contributed by atoms with van der Waals surface area (Å²) in [5, 5.41) is 0. The van der Waals surface area contributed by atoms with Crippen LogP contribution in [0.5, 0.6) is 5.75 Å². The molecule has 1 aromatic carbocycles. The lowest BCUT2D eigenvalue weighted by molar-refractivity contribution is 0.242. The molecule has 0 spiro atoms. The summed E-state index contributed by atoms with van der Waals surface area (Å²) < 4.78 is 5.57. The maximum absolute atomic E-state index is 5.57. The zero-order chi connectivity index (χ0) is 12.3. The van der Waals surface area contributed by atoms with E-state index >= 15 is 0 Å². The zero-order valence-corrected chi connectivity index (χ0v) is 9.92. The Bertz CT molecular complexity index is 477. The van der Waals surface area contributed by atoms with Crippen LogP contribution in [0.3, 0.4) is 0 Å². The largest absolute Gasteiger partial charge is 0.491 e. The molecule has 0 aliphatic rings. The quantitative estimate of drug-likeness (QED) is 0.878. The van der Waals surface area contributed by atoms with Gasteiger partial charge in [0.25, 0.3) is 0 Å². The van der Waals surface area contributed by atoms with E-state index in [9.17, 15) is 0 Å². The fraction of sp³-hybridized carbons (Fsp3) is 0.231. The summed E-state index contributed by atoms with van der Waals surface area (Å²) in [6.45, 7) is 4.00. The number of hydrogen-bond acceptors (Lipinski definition) is 4. The van der Waals surface area contributed by atoms with Crippen LogP contribution in [0.4, 0.5) is 5.95 Å². The normalized spacial score (nSPS) is 10.5. The Balaban J connectivity index is 2.20. The molecule has 0 radical (unpaired) electrons. The second-order valence-corrected chi connectivity index (χ2v) is 4.02. The number of nitrogens with two attached hydrogens (primary N) is 1. The van der Waals surface area contributed by atoms with Gasteiger partial charge in [0.1, 0.15) is 5.75 Å². The van der Waals surface area contributed by atoms with Crippen LogP contribution in [0.25, 0.3) is 11.1 Å². The lowest BCUT2D eigenvalue weighted by Gasteiger charge is -2.09. The third-order valence-corrected chi connectivity index (χ3v) is 2.23. The maximum Gasteiger partial charge on any atom is 0.219 e. The van der Waals surface area contributed by atoms with Crippen LogP contribution in [0.1, 0.15) is 13.8 Å². The van der Waals surface area contributed by atoms with Gasteiger partial charge in [0.05, 0.1) is 6.10 Å². The van der Waals surface area contributed by atoms with Crippen LogP contribution in [-0.2, 0) is 0 Å². The molecule has 0 amide bonds. The minimum absolute atomic E-state index is 0.181. The maximum atomic E-state index is 5.57. The molecule has 0 fully saturated rings. The second-order valence-electron chi connectivity index (χ2n) is 4.02. The van der Waals surface area contributed by atoms with E-state index in [0.717, 1.165) is 16.9 Å². The Morgan fingerprint density at radius 2 is 1.59 bits per heavy atom. The molecule has 0 saturated heterocycles. The van der Waals surface area contributed by atoms with E-state index < -0.39 is 0 Å². The van der Waals surface area contributed by atoms with Crippen LogP contribution in [-0.4, -0.2) is 16.1 Å². The predicted octanol–water partition coefficient (Wildman–Crippen LogP) is 2.51. The highest BCUT2D eigenvalue weighted by atomic mass is 16.5. The van der Waals surface area contributed by atoms with Gasteiger partial charge in [-0.3, -0.25) is 0 Å². The van der Waals surface area contributed by atoms with E-state index in [0.29, 0.717) is 0 Å². The van der Waals surface area contributed by atoms with Gasteiger partial charge in [0.15, 0.2) is 0 Å². The number of nitrogen functional groups attached to an aromatic ring is 1. The number of benzene rings is 1. The van der Waals surface area contributed by atoms with E-state index in [2.05, 4.69) is 9.97 Å². The van der Waals surface area contributed by atoms with Crippen molar-refractivity contribution in [2.45, 2.75) is 20.0 Å². The number of anilines is 1. The Morgan fingerprint density at radius 3 is 2.12 bits per heavy atom. The summed E-state index contributed by atoms with van der Waals surface area (Å²) in [7, 11) is 0. The molecule has 1 aromatic heterocycles. The Labute approximate surface area is 100 Å². The molecule has 4 heteroatoms. The number of aromatic nitrogens is 2. The number of hydrogen-bond donors (Lipinski definition) is 1. The zero-order valence-electron chi connectivity index (χ0n) is 9.92. The lowest BCUT2D eigenvalue weighted by Crippen LogP contribution is -2.05. The summed E-state index contributed by atoms with van der Waals surface area (Å²) in [6.07, 6.45) is 3.60. The highest BCUT2D eigenvalue weighted by Gasteiger charge is 2.01. The minimum Gasteiger partial charge on any atom is -0.491 e. The van der Waals surface area contributed by atoms with Crippen LogP contribution in [0.2, 0.25) is 0 Å². The van der Waals surface area contributed by atoms with Crippen LogP contribution < -0.4 is 10.5 Å². The first kappa shape index (κ1) is 11.4. The van der Waals surface area contributed by atoms with Gasteiger partial charge in [-0.15, -0.1) is 0 Å². The molecule has 0 atom stereocenters. The summed E-state index contributed by atoms with van der Waals surface area (Å²) >= 11 is 0. The molecule has 2 rings (SSSR count). The molecule has 1 heterocycles. The van der Waals surface area contributed by atoms with E-state index in [-0.39, 0.29) is 12.1 Å². The molecule has 0 saturated carbocycles. The average molecular weight is 229 g/mol. The summed E-state index contributed by atoms with van der Waals surface area (Å²) in [5.41, 5.74) is 7.42. The molecule has 2 N–H and O–H groups in total. The van der Waals surface area contributed by atoms with Crippen molar-refractivity contribution < 1.29 is 4.74 Å². The average Bonchev–Trinajstić information content (AvgIpc) is 2.30. The molecule has 0 aliphatic heterocycles. The molecular weight excluding hydrogens is 214 g/mol. The third-order valence-electron chi connectivity index (χ3n) is 2.23. The Morgan fingerprint density at radius 1 is 1.00 bits per heavy atom. The number of ether oxygens (including phenoxy) is 1. The Kier molecular flexibility index (Phi) is 3.23. The SMILES string of the molecule is CC(C)Oc1ccc(-c2cnc(N)nc2)cc1. The van der Waals surface area contributed by atoms with Crippen LogP contribution >= 0.6 is 0 Å². The first-order valence-electron chi connectivity index (χ1n) is 5.50. The lowest BCUT2D eigenvalue weighted by atomic mass is 10.1. The van der Waals surface area contributed by atoms with E-state index in [1.165, 1.54) is 0 Å². The molecule has 88 valence electrons. The summed E-state index contributed by atoms with van der Waals surface area (Å²) in [5.74, 6) is 1.15. The number of nitrogens with zero attached hydrogens (tertiary/aromatic N) is 2. The van der Waals surface area contributed by atoms with Crippen molar-refractivity contribution in [3.63, 3.8) is 0 Å². The van der Waals surface area contributed by atoms with Crippen molar-refractivity contribution in [1.29, 1.82) is 0 Å². The van der Waals surface area contributed by atoms with Gasteiger partial charge in [0, 0.05) is 18.0 Å². The third kappa shape index (κ3) is 2.93. The second kappa shape index (κ2) is 4.82. The number of rotatable bonds is 3. The molecule has 17 heavy (non-hydrogen) atoms. The fourth-order valence-corrected chi connectivity index (χ4v) is 1.49. The van der Waals surface area contributed by atoms with Crippen molar-refractivity contribution in [1.82, 2.24) is 9.97 Å². The molecular formula is C13H15N3O.